The summed E-state index contributed by atoms with van der Waals surface area (Å²) in [4.78, 5) is 0. The Morgan fingerprint density at radius 1 is 0.676 bits per heavy atom. The number of ether oxygens (including phenoxy) is 2. The maximum absolute atomic E-state index is 15.0. The number of hydrogen-bond donors (Lipinski definition) is 0. The second-order valence-electron chi connectivity index (χ2n) is 12.0. The summed E-state index contributed by atoms with van der Waals surface area (Å²) in [5.74, 6) is -6.98. The summed E-state index contributed by atoms with van der Waals surface area (Å²) in [6.07, 6.45) is 0. The molecule has 8 heteroatoms. The smallest absolute Gasteiger partial charge is 0.200 e. The van der Waals surface area contributed by atoms with Gasteiger partial charge in [-0.1, -0.05) is 53.3 Å². The van der Waals surface area contributed by atoms with Crippen LogP contribution in [0.25, 0.3) is 11.1 Å². The van der Waals surface area contributed by atoms with Gasteiger partial charge in [0, 0.05) is 11.6 Å². The van der Waals surface area contributed by atoms with Crippen LogP contribution in [0.3, 0.4) is 0 Å². The lowest BCUT2D eigenvalue weighted by Crippen LogP contribution is -2.35. The van der Waals surface area contributed by atoms with E-state index in [0.29, 0.717) is 5.56 Å². The molecule has 2 aromatic carbocycles. The lowest BCUT2D eigenvalue weighted by molar-refractivity contribution is 0.0560. The van der Waals surface area contributed by atoms with E-state index >= 15 is 8.78 Å². The first kappa shape index (κ1) is 30.7. The largest absolute Gasteiger partial charge is 0.487 e. The molecule has 2 aromatic rings. The van der Waals surface area contributed by atoms with Gasteiger partial charge in [-0.3, -0.25) is 0 Å². The third-order valence-electron chi connectivity index (χ3n) is 6.66. The molecule has 0 atom stereocenters. The van der Waals surface area contributed by atoms with Crippen LogP contribution in [0, 0.1) is 52.4 Å². The molecule has 2 rings (SSSR count). The highest BCUT2D eigenvalue weighted by Crippen LogP contribution is 2.43. The molecule has 0 aliphatic rings. The summed E-state index contributed by atoms with van der Waals surface area (Å²) in [5.41, 5.74) is 0.681. The maximum Gasteiger partial charge on any atom is 0.200 e. The van der Waals surface area contributed by atoms with Gasteiger partial charge >= 0.3 is 0 Å². The molecule has 0 fully saturated rings. The van der Waals surface area contributed by atoms with Crippen molar-refractivity contribution in [2.45, 2.75) is 86.2 Å². The Morgan fingerprint density at radius 3 is 1.49 bits per heavy atom. The van der Waals surface area contributed by atoms with Crippen molar-refractivity contribution in [3.63, 3.8) is 0 Å². The van der Waals surface area contributed by atoms with Crippen molar-refractivity contribution >= 4 is 8.07 Å². The second-order valence-corrected chi connectivity index (χ2v) is 16.8. The molecule has 0 radical (unpaired) electrons. The molecule has 0 bridgehead atoms. The summed E-state index contributed by atoms with van der Waals surface area (Å²) in [7, 11) is -1.86. The number of benzene rings is 2. The minimum Gasteiger partial charge on any atom is -0.487 e. The van der Waals surface area contributed by atoms with E-state index in [4.69, 9.17) is 9.47 Å². The van der Waals surface area contributed by atoms with E-state index in [1.807, 2.05) is 41.5 Å². The maximum atomic E-state index is 15.0. The summed E-state index contributed by atoms with van der Waals surface area (Å²) in [6.45, 7) is 21.1. The van der Waals surface area contributed by atoms with Gasteiger partial charge in [0.2, 0.25) is 5.82 Å². The zero-order chi connectivity index (χ0) is 28.7. The van der Waals surface area contributed by atoms with Crippen LogP contribution < -0.4 is 9.47 Å². The van der Waals surface area contributed by atoms with Crippen molar-refractivity contribution in [2.75, 3.05) is 0 Å². The predicted molar refractivity (Wildman–Crippen MR) is 141 cm³/mol. The normalized spacial score (nSPS) is 12.6. The zero-order valence-corrected chi connectivity index (χ0v) is 24.5. The highest BCUT2D eigenvalue weighted by atomic mass is 28.3. The average Bonchev–Trinajstić information content (AvgIpc) is 2.75. The quantitative estimate of drug-likeness (QED) is 0.115. The number of hydrogen-bond acceptors (Lipinski definition) is 2. The molecular formula is C29H37F5O2Si. The molecular weight excluding hydrogens is 503 g/mol. The summed E-state index contributed by atoms with van der Waals surface area (Å²) >= 11 is 0. The molecule has 37 heavy (non-hydrogen) atoms. The Bertz CT molecular complexity index is 1200. The van der Waals surface area contributed by atoms with Crippen molar-refractivity contribution in [3.05, 3.63) is 46.8 Å². The number of halogens is 5. The fourth-order valence-electron chi connectivity index (χ4n) is 2.92. The fraction of sp³-hybridized carbons (Fsp3) is 0.517. The minimum atomic E-state index is -2.22. The van der Waals surface area contributed by atoms with Crippen LogP contribution in [0.1, 0.15) is 61.0 Å². The standard InChI is InChI=1S/C29H37F5O2Si/c1-16(2)28(5,6)35-20-15-19(22-23(30)25(32)27(34)26(33)24(22)31)21(36-29(7,8)17(3)4)14-18(20)12-13-37(9,10)11/h14-17H,1-11H3. The first-order valence-corrected chi connectivity index (χ1v) is 15.8. The number of rotatable bonds is 7. The van der Waals surface area contributed by atoms with Crippen LogP contribution in [0.15, 0.2) is 12.1 Å². The molecule has 0 spiro atoms. The molecule has 0 N–H and O–H groups in total. The van der Waals surface area contributed by atoms with Crippen LogP contribution in [0.4, 0.5) is 22.0 Å². The van der Waals surface area contributed by atoms with Crippen LogP contribution in [-0.4, -0.2) is 19.3 Å². The lowest BCUT2D eigenvalue weighted by Gasteiger charge is -2.33. The Hall–Kier alpha value is -2.53. The summed E-state index contributed by atoms with van der Waals surface area (Å²) < 4.78 is 84.9. The fourth-order valence-corrected chi connectivity index (χ4v) is 3.43. The van der Waals surface area contributed by atoms with Gasteiger partial charge in [0.1, 0.15) is 30.8 Å². The Labute approximate surface area is 218 Å². The van der Waals surface area contributed by atoms with Gasteiger partial charge in [-0.2, -0.15) is 0 Å². The van der Waals surface area contributed by atoms with Crippen LogP contribution in [0.5, 0.6) is 11.5 Å². The topological polar surface area (TPSA) is 18.5 Å². The monoisotopic (exact) mass is 540 g/mol. The minimum absolute atomic E-state index is 0.0266. The first-order valence-electron chi connectivity index (χ1n) is 12.3. The van der Waals surface area contributed by atoms with Gasteiger partial charge in [0.05, 0.1) is 11.1 Å². The molecule has 0 saturated carbocycles. The Morgan fingerprint density at radius 2 is 1.08 bits per heavy atom. The van der Waals surface area contributed by atoms with Crippen molar-refractivity contribution in [2.24, 2.45) is 11.8 Å². The molecule has 2 nitrogen and oxygen atoms in total. The Kier molecular flexibility index (Phi) is 8.86. The molecule has 0 aliphatic heterocycles. The van der Waals surface area contributed by atoms with E-state index in [2.05, 4.69) is 31.1 Å². The predicted octanol–water partition coefficient (Wildman–Crippen LogP) is 8.90. The molecule has 0 heterocycles. The van der Waals surface area contributed by atoms with Gasteiger partial charge in [-0.05, 0) is 45.6 Å². The van der Waals surface area contributed by atoms with Crippen molar-refractivity contribution in [1.82, 2.24) is 0 Å². The lowest BCUT2D eigenvalue weighted by atomic mass is 9.93. The van der Waals surface area contributed by atoms with Crippen LogP contribution in [0.2, 0.25) is 19.6 Å². The molecule has 0 aromatic heterocycles. The van der Waals surface area contributed by atoms with E-state index in [0.717, 1.165) is 0 Å². The summed E-state index contributed by atoms with van der Waals surface area (Å²) in [6, 6.07) is 2.73. The summed E-state index contributed by atoms with van der Waals surface area (Å²) in [5, 5.41) is 0. The average molecular weight is 541 g/mol. The molecule has 0 unspecified atom stereocenters. The molecule has 0 amide bonds. The Balaban J connectivity index is 3.04. The van der Waals surface area contributed by atoms with E-state index in [9.17, 15) is 13.2 Å². The van der Waals surface area contributed by atoms with Crippen molar-refractivity contribution < 1.29 is 31.4 Å². The SMILES string of the molecule is CC(C)C(C)(C)Oc1cc(-c2c(F)c(F)c(F)c(F)c2F)c(OC(C)(C)C(C)C)cc1C#C[Si](C)(C)C. The van der Waals surface area contributed by atoms with E-state index in [1.54, 1.807) is 13.8 Å². The molecule has 204 valence electrons. The second kappa shape index (κ2) is 10.7. The highest BCUT2D eigenvalue weighted by Gasteiger charge is 2.33. The highest BCUT2D eigenvalue weighted by molar-refractivity contribution is 6.83. The van der Waals surface area contributed by atoms with Crippen molar-refractivity contribution in [1.29, 1.82) is 0 Å². The van der Waals surface area contributed by atoms with E-state index < -0.39 is 53.9 Å². The van der Waals surface area contributed by atoms with Gasteiger partial charge < -0.3 is 9.47 Å². The molecule has 0 saturated heterocycles. The van der Waals surface area contributed by atoms with Crippen LogP contribution in [-0.2, 0) is 0 Å². The zero-order valence-electron chi connectivity index (χ0n) is 23.5. The van der Waals surface area contributed by atoms with E-state index in [-0.39, 0.29) is 28.9 Å². The van der Waals surface area contributed by atoms with Gasteiger partial charge in [0.25, 0.3) is 0 Å². The van der Waals surface area contributed by atoms with Crippen LogP contribution >= 0.6 is 0 Å². The first-order chi connectivity index (χ1) is 16.7. The third-order valence-corrected chi connectivity index (χ3v) is 7.53. The van der Waals surface area contributed by atoms with Gasteiger partial charge in [-0.15, -0.1) is 5.54 Å². The van der Waals surface area contributed by atoms with Crippen molar-refractivity contribution in [3.8, 4) is 34.1 Å². The molecule has 0 aliphatic carbocycles. The van der Waals surface area contributed by atoms with Gasteiger partial charge in [-0.25, -0.2) is 22.0 Å². The van der Waals surface area contributed by atoms with E-state index in [1.165, 1.54) is 12.1 Å². The van der Waals surface area contributed by atoms with Gasteiger partial charge in [0.15, 0.2) is 23.3 Å². The third kappa shape index (κ3) is 6.87.